The molecule has 148 valence electrons. The predicted molar refractivity (Wildman–Crippen MR) is 116 cm³/mol. The van der Waals surface area contributed by atoms with E-state index in [1.807, 2.05) is 55.5 Å². The highest BCUT2D eigenvalue weighted by Crippen LogP contribution is 2.32. The van der Waals surface area contributed by atoms with Crippen LogP contribution in [0, 0.1) is 6.92 Å². The van der Waals surface area contributed by atoms with Gasteiger partial charge in [0, 0.05) is 23.0 Å². The zero-order valence-corrected chi connectivity index (χ0v) is 17.0. The van der Waals surface area contributed by atoms with Gasteiger partial charge in [-0.25, -0.2) is 19.9 Å². The Morgan fingerprint density at radius 2 is 1.77 bits per heavy atom. The summed E-state index contributed by atoms with van der Waals surface area (Å²) in [5, 5.41) is 4.78. The zero-order chi connectivity index (χ0) is 20.7. The van der Waals surface area contributed by atoms with Gasteiger partial charge in [0.05, 0.1) is 22.5 Å². The number of aryl methyl sites for hydroxylation is 1. The molecule has 1 aliphatic rings. The van der Waals surface area contributed by atoms with Crippen molar-refractivity contribution in [2.75, 3.05) is 5.32 Å². The molecular weight excluding hydrogens is 398 g/mol. The van der Waals surface area contributed by atoms with Crippen LogP contribution in [0.5, 0.6) is 0 Å². The molecule has 5 rings (SSSR count). The van der Waals surface area contributed by atoms with Crippen molar-refractivity contribution in [1.82, 2.24) is 19.9 Å². The van der Waals surface area contributed by atoms with E-state index in [-0.39, 0.29) is 11.7 Å². The van der Waals surface area contributed by atoms with Gasteiger partial charge >= 0.3 is 0 Å². The molecule has 0 radical (unpaired) electrons. The lowest BCUT2D eigenvalue weighted by molar-refractivity contribution is 0.0962. The average molecular weight is 416 g/mol. The summed E-state index contributed by atoms with van der Waals surface area (Å²) in [6.07, 6.45) is 2.70. The number of benzene rings is 2. The number of Topliss-reactive ketones (excluding diaryl/α,β-unsaturated/α-hetero) is 1. The first kappa shape index (κ1) is 18.6. The second-order valence-electron chi connectivity index (χ2n) is 7.41. The summed E-state index contributed by atoms with van der Waals surface area (Å²) >= 11 is 6.00. The standard InChI is InChI=1S/C23H18ClN5O/c1-13-17-4-2-3-5-19(17)27-23(26-13)29-22-25-12-18-20(28-22)10-15(11-21(18)30)14-6-8-16(24)9-7-14/h2-9,12,15H,10-11H2,1H3,(H,25,26,27,28,29)/t15-/m1/s1. The summed E-state index contributed by atoms with van der Waals surface area (Å²) < 4.78 is 0. The quantitative estimate of drug-likeness (QED) is 0.505. The van der Waals surface area contributed by atoms with Gasteiger partial charge in [-0.1, -0.05) is 41.9 Å². The Kier molecular flexibility index (Phi) is 4.64. The minimum absolute atomic E-state index is 0.0561. The van der Waals surface area contributed by atoms with Crippen LogP contribution in [0.3, 0.4) is 0 Å². The average Bonchev–Trinajstić information content (AvgIpc) is 2.74. The lowest BCUT2D eigenvalue weighted by Gasteiger charge is -2.23. The van der Waals surface area contributed by atoms with Gasteiger partial charge in [0.15, 0.2) is 5.78 Å². The number of carbonyl (C=O) groups excluding carboxylic acids is 1. The SMILES string of the molecule is Cc1nc(Nc2ncc3c(n2)C[C@@H](c2ccc(Cl)cc2)CC3=O)nc2ccccc12. The fourth-order valence-electron chi connectivity index (χ4n) is 3.87. The molecule has 7 heteroatoms. The van der Waals surface area contributed by atoms with Crippen LogP contribution in [0.1, 0.15) is 39.6 Å². The van der Waals surface area contributed by atoms with E-state index in [4.69, 9.17) is 11.6 Å². The van der Waals surface area contributed by atoms with E-state index < -0.39 is 0 Å². The molecule has 1 atom stereocenters. The molecule has 4 aromatic rings. The number of nitrogens with one attached hydrogen (secondary N) is 1. The number of nitrogens with zero attached hydrogens (tertiary/aromatic N) is 4. The summed E-state index contributed by atoms with van der Waals surface area (Å²) in [6.45, 7) is 1.94. The van der Waals surface area contributed by atoms with Gasteiger partial charge in [-0.2, -0.15) is 0 Å². The molecule has 2 aromatic heterocycles. The first-order chi connectivity index (χ1) is 14.6. The second kappa shape index (κ2) is 7.46. The molecular formula is C23H18ClN5O. The molecule has 0 saturated carbocycles. The number of ketones is 1. The normalized spacial score (nSPS) is 15.8. The van der Waals surface area contributed by atoms with Crippen LogP contribution in [0.25, 0.3) is 10.9 Å². The third-order valence-electron chi connectivity index (χ3n) is 5.40. The van der Waals surface area contributed by atoms with E-state index in [2.05, 4.69) is 25.3 Å². The van der Waals surface area contributed by atoms with E-state index in [0.29, 0.717) is 35.3 Å². The van der Waals surface area contributed by atoms with Gasteiger partial charge in [0.25, 0.3) is 0 Å². The van der Waals surface area contributed by atoms with Gasteiger partial charge < -0.3 is 0 Å². The van der Waals surface area contributed by atoms with Crippen molar-refractivity contribution >= 4 is 40.2 Å². The van der Waals surface area contributed by atoms with Gasteiger partial charge in [-0.3, -0.25) is 10.1 Å². The number of hydrogen-bond acceptors (Lipinski definition) is 6. The van der Waals surface area contributed by atoms with Gasteiger partial charge in [0.2, 0.25) is 11.9 Å². The molecule has 0 bridgehead atoms. The van der Waals surface area contributed by atoms with E-state index in [1.165, 1.54) is 0 Å². The highest BCUT2D eigenvalue weighted by molar-refractivity contribution is 6.30. The number of anilines is 2. The highest BCUT2D eigenvalue weighted by Gasteiger charge is 2.28. The van der Waals surface area contributed by atoms with Crippen LogP contribution in [-0.2, 0) is 6.42 Å². The Hall–Kier alpha value is -3.38. The van der Waals surface area contributed by atoms with Crippen LogP contribution in [0.15, 0.2) is 54.7 Å². The van der Waals surface area contributed by atoms with Crippen molar-refractivity contribution < 1.29 is 4.79 Å². The third kappa shape index (κ3) is 3.50. The van der Waals surface area contributed by atoms with Crippen molar-refractivity contribution in [3.63, 3.8) is 0 Å². The van der Waals surface area contributed by atoms with Crippen LogP contribution in [-0.4, -0.2) is 25.7 Å². The summed E-state index contributed by atoms with van der Waals surface area (Å²) in [4.78, 5) is 30.6. The lowest BCUT2D eigenvalue weighted by Crippen LogP contribution is -2.21. The number of aromatic nitrogens is 4. The lowest BCUT2D eigenvalue weighted by atomic mass is 9.82. The van der Waals surface area contributed by atoms with Crippen molar-refractivity contribution in [3.8, 4) is 0 Å². The molecule has 0 aliphatic heterocycles. The molecule has 1 N–H and O–H groups in total. The smallest absolute Gasteiger partial charge is 0.230 e. The number of hydrogen-bond donors (Lipinski definition) is 1. The summed E-state index contributed by atoms with van der Waals surface area (Å²) in [5.74, 6) is 0.945. The van der Waals surface area contributed by atoms with Gasteiger partial charge in [-0.05, 0) is 43.0 Å². The molecule has 6 nitrogen and oxygen atoms in total. The maximum atomic E-state index is 12.6. The monoisotopic (exact) mass is 415 g/mol. The third-order valence-corrected chi connectivity index (χ3v) is 5.65. The predicted octanol–water partition coefficient (Wildman–Crippen LogP) is 5.04. The number of para-hydroxylation sites is 1. The van der Waals surface area contributed by atoms with Gasteiger partial charge in [-0.15, -0.1) is 0 Å². The largest absolute Gasteiger partial charge is 0.294 e. The summed E-state index contributed by atoms with van der Waals surface area (Å²) in [5.41, 5.74) is 4.13. The molecule has 2 aromatic carbocycles. The van der Waals surface area contributed by atoms with Gasteiger partial charge in [0.1, 0.15) is 0 Å². The van der Waals surface area contributed by atoms with Crippen LogP contribution >= 0.6 is 11.6 Å². The van der Waals surface area contributed by atoms with E-state index in [1.54, 1.807) is 6.20 Å². The maximum Gasteiger partial charge on any atom is 0.230 e. The molecule has 1 aliphatic carbocycles. The minimum Gasteiger partial charge on any atom is -0.294 e. The topological polar surface area (TPSA) is 80.7 Å². The molecule has 2 heterocycles. The van der Waals surface area contributed by atoms with E-state index in [9.17, 15) is 4.79 Å². The van der Waals surface area contributed by atoms with Crippen LogP contribution in [0.2, 0.25) is 5.02 Å². The first-order valence-electron chi connectivity index (χ1n) is 9.72. The Labute approximate surface area is 178 Å². The van der Waals surface area contributed by atoms with Crippen molar-refractivity contribution in [3.05, 3.63) is 82.3 Å². The molecule has 0 fully saturated rings. The molecule has 0 amide bonds. The highest BCUT2D eigenvalue weighted by atomic mass is 35.5. The minimum atomic E-state index is 0.0561. The van der Waals surface area contributed by atoms with Crippen molar-refractivity contribution in [1.29, 1.82) is 0 Å². The van der Waals surface area contributed by atoms with E-state index >= 15 is 0 Å². The fraction of sp³-hybridized carbons (Fsp3) is 0.174. The molecule has 0 spiro atoms. The Morgan fingerprint density at radius 3 is 2.60 bits per heavy atom. The van der Waals surface area contributed by atoms with Crippen molar-refractivity contribution in [2.45, 2.75) is 25.7 Å². The van der Waals surface area contributed by atoms with E-state index in [0.717, 1.165) is 27.9 Å². The number of rotatable bonds is 3. The molecule has 0 unspecified atom stereocenters. The fourth-order valence-corrected chi connectivity index (χ4v) is 3.99. The number of halogens is 1. The maximum absolute atomic E-state index is 12.6. The Balaban J connectivity index is 1.45. The van der Waals surface area contributed by atoms with Crippen LogP contribution < -0.4 is 5.32 Å². The molecule has 30 heavy (non-hydrogen) atoms. The van der Waals surface area contributed by atoms with Crippen molar-refractivity contribution in [2.24, 2.45) is 0 Å². The number of fused-ring (bicyclic) bond motifs is 2. The zero-order valence-electron chi connectivity index (χ0n) is 16.3. The Morgan fingerprint density at radius 1 is 0.967 bits per heavy atom. The number of carbonyl (C=O) groups is 1. The summed E-state index contributed by atoms with van der Waals surface area (Å²) in [7, 11) is 0. The molecule has 0 saturated heterocycles. The van der Waals surface area contributed by atoms with Crippen LogP contribution in [0.4, 0.5) is 11.9 Å². The Bertz CT molecular complexity index is 1270. The summed E-state index contributed by atoms with van der Waals surface area (Å²) in [6, 6.07) is 15.5. The first-order valence-corrected chi connectivity index (χ1v) is 10.1. The second-order valence-corrected chi connectivity index (χ2v) is 7.85.